The van der Waals surface area contributed by atoms with Crippen molar-refractivity contribution in [2.75, 3.05) is 33.3 Å². The van der Waals surface area contributed by atoms with Crippen LogP contribution in [0.25, 0.3) is 0 Å². The Morgan fingerprint density at radius 2 is 2.00 bits per heavy atom. The van der Waals surface area contributed by atoms with Crippen molar-refractivity contribution in [3.63, 3.8) is 0 Å². The maximum Gasteiger partial charge on any atom is 0.312 e. The fourth-order valence-corrected chi connectivity index (χ4v) is 3.88. The van der Waals surface area contributed by atoms with Crippen molar-refractivity contribution < 1.29 is 14.3 Å². The molecule has 1 aromatic carbocycles. The molecule has 1 unspecified atom stereocenters. The summed E-state index contributed by atoms with van der Waals surface area (Å²) in [5.41, 5.74) is 2.29. The third-order valence-corrected chi connectivity index (χ3v) is 5.63. The molecule has 1 fully saturated rings. The first kappa shape index (κ1) is 18.7. The van der Waals surface area contributed by atoms with Gasteiger partial charge in [-0.05, 0) is 42.5 Å². The van der Waals surface area contributed by atoms with E-state index in [1.165, 1.54) is 5.56 Å². The number of nitrogens with zero attached hydrogens (tertiary/aromatic N) is 2. The van der Waals surface area contributed by atoms with Gasteiger partial charge in [0.25, 0.3) is 0 Å². The van der Waals surface area contributed by atoms with Gasteiger partial charge in [0.1, 0.15) is 5.75 Å². The average molecular weight is 359 g/mol. The minimum Gasteiger partial charge on any atom is -0.497 e. The van der Waals surface area contributed by atoms with Crippen LogP contribution < -0.4 is 10.1 Å². The highest BCUT2D eigenvalue weighted by Gasteiger charge is 2.35. The molecule has 2 amide bonds. The Labute approximate surface area is 155 Å². The van der Waals surface area contributed by atoms with Gasteiger partial charge < -0.3 is 19.9 Å². The molecule has 1 N–H and O–H groups in total. The van der Waals surface area contributed by atoms with Gasteiger partial charge in [0.2, 0.25) is 0 Å². The second-order valence-corrected chi connectivity index (χ2v) is 7.55. The molecule has 0 spiro atoms. The van der Waals surface area contributed by atoms with E-state index >= 15 is 0 Å². The number of carbonyl (C=O) groups is 2. The monoisotopic (exact) mass is 359 g/mol. The van der Waals surface area contributed by atoms with Gasteiger partial charge in [0.15, 0.2) is 0 Å². The lowest BCUT2D eigenvalue weighted by Crippen LogP contribution is -2.58. The molecule has 2 heterocycles. The maximum atomic E-state index is 12.9. The quantitative estimate of drug-likeness (QED) is 0.815. The predicted molar refractivity (Wildman–Crippen MR) is 100 cm³/mol. The summed E-state index contributed by atoms with van der Waals surface area (Å²) >= 11 is 0. The first-order valence-electron chi connectivity index (χ1n) is 9.42. The molecule has 6 nitrogen and oxygen atoms in total. The SMILES string of the molecule is COc1ccc2c(c1)CCN(C(=O)C(=O)N1CCN[C@@H](C(C)C)C1)C2C. The number of amides is 2. The smallest absolute Gasteiger partial charge is 0.312 e. The summed E-state index contributed by atoms with van der Waals surface area (Å²) in [6.07, 6.45) is 0.742. The van der Waals surface area contributed by atoms with Gasteiger partial charge in [-0.3, -0.25) is 9.59 Å². The number of methoxy groups -OCH3 is 1. The van der Waals surface area contributed by atoms with Crippen LogP contribution in [-0.2, 0) is 16.0 Å². The minimum absolute atomic E-state index is 0.107. The third-order valence-electron chi connectivity index (χ3n) is 5.63. The van der Waals surface area contributed by atoms with Gasteiger partial charge in [-0.25, -0.2) is 0 Å². The molecule has 2 atom stereocenters. The number of fused-ring (bicyclic) bond motifs is 1. The summed E-state index contributed by atoms with van der Waals surface area (Å²) in [6.45, 7) is 8.73. The molecule has 0 aromatic heterocycles. The molecular formula is C20H29N3O3. The van der Waals surface area contributed by atoms with Gasteiger partial charge in [-0.2, -0.15) is 0 Å². The summed E-state index contributed by atoms with van der Waals surface area (Å²) in [7, 11) is 1.65. The number of carbonyl (C=O) groups excluding carboxylic acids is 2. The Morgan fingerprint density at radius 1 is 1.23 bits per heavy atom. The Morgan fingerprint density at radius 3 is 2.69 bits per heavy atom. The van der Waals surface area contributed by atoms with Gasteiger partial charge in [0.05, 0.1) is 13.2 Å². The van der Waals surface area contributed by atoms with Crippen LogP contribution in [0.4, 0.5) is 0 Å². The molecular weight excluding hydrogens is 330 g/mol. The molecule has 1 aromatic rings. The lowest BCUT2D eigenvalue weighted by atomic mass is 9.93. The number of nitrogens with one attached hydrogen (secondary N) is 1. The Hall–Kier alpha value is -2.08. The van der Waals surface area contributed by atoms with Crippen LogP contribution in [0.15, 0.2) is 18.2 Å². The summed E-state index contributed by atoms with van der Waals surface area (Å²) in [5, 5.41) is 3.42. The van der Waals surface area contributed by atoms with E-state index in [0.29, 0.717) is 25.6 Å². The number of benzene rings is 1. The van der Waals surface area contributed by atoms with Crippen molar-refractivity contribution in [2.45, 2.75) is 39.3 Å². The molecule has 2 aliphatic heterocycles. The van der Waals surface area contributed by atoms with Crippen molar-refractivity contribution >= 4 is 11.8 Å². The minimum atomic E-state index is -0.386. The molecule has 1 saturated heterocycles. The lowest BCUT2D eigenvalue weighted by Gasteiger charge is -2.39. The largest absolute Gasteiger partial charge is 0.497 e. The van der Waals surface area contributed by atoms with E-state index in [1.54, 1.807) is 16.9 Å². The highest BCUT2D eigenvalue weighted by Crippen LogP contribution is 2.32. The van der Waals surface area contributed by atoms with Crippen LogP contribution in [-0.4, -0.2) is 60.9 Å². The van der Waals surface area contributed by atoms with Crippen molar-refractivity contribution in [1.82, 2.24) is 15.1 Å². The van der Waals surface area contributed by atoms with E-state index in [2.05, 4.69) is 19.2 Å². The van der Waals surface area contributed by atoms with Gasteiger partial charge in [0, 0.05) is 32.2 Å². The topological polar surface area (TPSA) is 61.9 Å². The van der Waals surface area contributed by atoms with Gasteiger partial charge >= 0.3 is 11.8 Å². The molecule has 2 aliphatic rings. The van der Waals surface area contributed by atoms with Crippen LogP contribution in [0.5, 0.6) is 5.75 Å². The zero-order valence-electron chi connectivity index (χ0n) is 16.1. The third kappa shape index (κ3) is 3.56. The zero-order valence-corrected chi connectivity index (χ0v) is 16.1. The number of piperazine rings is 1. The maximum absolute atomic E-state index is 12.9. The predicted octanol–water partition coefficient (Wildman–Crippen LogP) is 1.60. The standard InChI is InChI=1S/C20H29N3O3/c1-13(2)18-12-22(10-8-21-18)19(24)20(25)23-9-7-15-11-16(26-4)5-6-17(15)14(23)3/h5-6,11,13-14,18,21H,7-10,12H2,1-4H3/t14?,18-/m1/s1. The first-order chi connectivity index (χ1) is 12.4. The average Bonchev–Trinajstić information content (AvgIpc) is 2.67. The highest BCUT2D eigenvalue weighted by molar-refractivity contribution is 6.35. The first-order valence-corrected chi connectivity index (χ1v) is 9.42. The number of hydrogen-bond donors (Lipinski definition) is 1. The van der Waals surface area contributed by atoms with E-state index in [1.807, 2.05) is 25.1 Å². The molecule has 0 aliphatic carbocycles. The van der Waals surface area contributed by atoms with Crippen molar-refractivity contribution in [1.29, 1.82) is 0 Å². The Bertz CT molecular complexity index is 689. The van der Waals surface area contributed by atoms with Gasteiger partial charge in [-0.15, -0.1) is 0 Å². The second kappa shape index (κ2) is 7.66. The van der Waals surface area contributed by atoms with E-state index in [0.717, 1.165) is 24.3 Å². The Kier molecular flexibility index (Phi) is 5.51. The van der Waals surface area contributed by atoms with Crippen molar-refractivity contribution in [2.24, 2.45) is 5.92 Å². The van der Waals surface area contributed by atoms with Crippen LogP contribution in [0.2, 0.25) is 0 Å². The molecule has 0 bridgehead atoms. The lowest BCUT2D eigenvalue weighted by molar-refractivity contribution is -0.154. The molecule has 6 heteroatoms. The van der Waals surface area contributed by atoms with Crippen LogP contribution in [0.3, 0.4) is 0 Å². The van der Waals surface area contributed by atoms with E-state index in [9.17, 15) is 9.59 Å². The zero-order chi connectivity index (χ0) is 18.8. The van der Waals surface area contributed by atoms with E-state index < -0.39 is 0 Å². The summed E-state index contributed by atoms with van der Waals surface area (Å²) in [5.74, 6) is 0.494. The second-order valence-electron chi connectivity index (χ2n) is 7.55. The van der Waals surface area contributed by atoms with Crippen molar-refractivity contribution in [3.8, 4) is 5.75 Å². The van der Waals surface area contributed by atoms with Crippen LogP contribution in [0, 0.1) is 5.92 Å². The summed E-state index contributed by atoms with van der Waals surface area (Å²) < 4.78 is 5.29. The van der Waals surface area contributed by atoms with Gasteiger partial charge in [-0.1, -0.05) is 19.9 Å². The molecule has 142 valence electrons. The van der Waals surface area contributed by atoms with E-state index in [4.69, 9.17) is 4.74 Å². The molecule has 0 radical (unpaired) electrons. The fraction of sp³-hybridized carbons (Fsp3) is 0.600. The number of rotatable bonds is 2. The number of ether oxygens (including phenoxy) is 1. The Balaban J connectivity index is 1.72. The number of hydrogen-bond acceptors (Lipinski definition) is 4. The normalized spacial score (nSPS) is 23.0. The van der Waals surface area contributed by atoms with Crippen molar-refractivity contribution in [3.05, 3.63) is 29.3 Å². The van der Waals surface area contributed by atoms with Crippen LogP contribution >= 0.6 is 0 Å². The molecule has 3 rings (SSSR count). The summed E-state index contributed by atoms with van der Waals surface area (Å²) in [6, 6.07) is 6.08. The summed E-state index contributed by atoms with van der Waals surface area (Å²) in [4.78, 5) is 29.1. The fourth-order valence-electron chi connectivity index (χ4n) is 3.88. The van der Waals surface area contributed by atoms with Crippen LogP contribution in [0.1, 0.15) is 37.9 Å². The highest BCUT2D eigenvalue weighted by atomic mass is 16.5. The molecule has 26 heavy (non-hydrogen) atoms. The van der Waals surface area contributed by atoms with E-state index in [-0.39, 0.29) is 23.9 Å². The molecule has 0 saturated carbocycles.